The standard InChI is InChI=1S/C16H18N2O2/c1-19-11-12-20-16-9-7-14(8-10-16)13-17-18-15-5-3-2-4-6-15/h2-10,13,18H,11-12H2,1H3. The first-order valence-electron chi connectivity index (χ1n) is 6.44. The maximum Gasteiger partial charge on any atom is 0.119 e. The van der Waals surface area contributed by atoms with Crippen LogP contribution in [-0.2, 0) is 4.74 Å². The average molecular weight is 270 g/mol. The van der Waals surface area contributed by atoms with E-state index in [4.69, 9.17) is 9.47 Å². The summed E-state index contributed by atoms with van der Waals surface area (Å²) < 4.78 is 10.4. The molecule has 0 spiro atoms. The van der Waals surface area contributed by atoms with Gasteiger partial charge in [0, 0.05) is 7.11 Å². The van der Waals surface area contributed by atoms with Crippen LogP contribution < -0.4 is 10.2 Å². The monoisotopic (exact) mass is 270 g/mol. The van der Waals surface area contributed by atoms with Gasteiger partial charge in [0.15, 0.2) is 0 Å². The van der Waals surface area contributed by atoms with Gasteiger partial charge in [0.25, 0.3) is 0 Å². The summed E-state index contributed by atoms with van der Waals surface area (Å²) in [5.74, 6) is 0.829. The van der Waals surface area contributed by atoms with Crippen LogP contribution in [0, 0.1) is 0 Å². The lowest BCUT2D eigenvalue weighted by Crippen LogP contribution is -2.04. The number of benzene rings is 2. The molecule has 104 valence electrons. The molecule has 0 fully saturated rings. The number of para-hydroxylation sites is 1. The van der Waals surface area contributed by atoms with Crippen LogP contribution in [0.15, 0.2) is 59.7 Å². The van der Waals surface area contributed by atoms with Crippen molar-refractivity contribution in [2.24, 2.45) is 5.10 Å². The summed E-state index contributed by atoms with van der Waals surface area (Å²) >= 11 is 0. The third-order valence-electron chi connectivity index (χ3n) is 2.62. The average Bonchev–Trinajstić information content (AvgIpc) is 2.50. The van der Waals surface area contributed by atoms with Crippen molar-refractivity contribution < 1.29 is 9.47 Å². The second kappa shape index (κ2) is 7.96. The van der Waals surface area contributed by atoms with Crippen LogP contribution in [0.1, 0.15) is 5.56 Å². The summed E-state index contributed by atoms with van der Waals surface area (Å²) in [6.45, 7) is 1.14. The van der Waals surface area contributed by atoms with Gasteiger partial charge in [-0.15, -0.1) is 0 Å². The molecule has 0 aliphatic carbocycles. The Labute approximate surface area is 119 Å². The van der Waals surface area contributed by atoms with E-state index >= 15 is 0 Å². The van der Waals surface area contributed by atoms with Crippen LogP contribution in [0.2, 0.25) is 0 Å². The molecule has 20 heavy (non-hydrogen) atoms. The Kier molecular flexibility index (Phi) is 5.61. The number of hydrazone groups is 1. The van der Waals surface area contributed by atoms with Crippen molar-refractivity contribution in [3.63, 3.8) is 0 Å². The number of methoxy groups -OCH3 is 1. The summed E-state index contributed by atoms with van der Waals surface area (Å²) in [4.78, 5) is 0. The molecule has 1 N–H and O–H groups in total. The van der Waals surface area contributed by atoms with E-state index in [1.165, 1.54) is 0 Å². The number of rotatable bonds is 7. The van der Waals surface area contributed by atoms with E-state index in [0.717, 1.165) is 17.0 Å². The first kappa shape index (κ1) is 14.1. The maximum absolute atomic E-state index is 5.49. The SMILES string of the molecule is COCCOc1ccc(C=NNc2ccccc2)cc1. The molecule has 0 unspecified atom stereocenters. The molecule has 0 radical (unpaired) electrons. The quantitative estimate of drug-likeness (QED) is 0.477. The van der Waals surface area contributed by atoms with Crippen molar-refractivity contribution in [1.82, 2.24) is 0 Å². The molecule has 0 amide bonds. The number of nitrogens with one attached hydrogen (secondary N) is 1. The van der Waals surface area contributed by atoms with Crippen molar-refractivity contribution in [1.29, 1.82) is 0 Å². The van der Waals surface area contributed by atoms with Crippen LogP contribution in [0.5, 0.6) is 5.75 Å². The van der Waals surface area contributed by atoms with Gasteiger partial charge < -0.3 is 9.47 Å². The highest BCUT2D eigenvalue weighted by atomic mass is 16.5. The Hall–Kier alpha value is -2.33. The Morgan fingerprint density at radius 3 is 2.45 bits per heavy atom. The van der Waals surface area contributed by atoms with Crippen LogP contribution in [0.3, 0.4) is 0 Å². The molecule has 0 atom stereocenters. The number of hydrogen-bond donors (Lipinski definition) is 1. The zero-order chi connectivity index (χ0) is 14.0. The zero-order valence-corrected chi connectivity index (χ0v) is 11.5. The molecule has 2 aromatic rings. The van der Waals surface area contributed by atoms with Crippen molar-refractivity contribution in [2.75, 3.05) is 25.7 Å². The fourth-order valence-electron chi connectivity index (χ4n) is 1.59. The topological polar surface area (TPSA) is 42.9 Å². The second-order valence-corrected chi connectivity index (χ2v) is 4.15. The minimum atomic E-state index is 0.555. The molecule has 0 aromatic heterocycles. The maximum atomic E-state index is 5.49. The number of hydrogen-bond acceptors (Lipinski definition) is 4. The molecule has 2 rings (SSSR count). The highest BCUT2D eigenvalue weighted by molar-refractivity contribution is 5.80. The van der Waals surface area contributed by atoms with Gasteiger partial charge in [0.1, 0.15) is 12.4 Å². The Bertz CT molecular complexity index is 524. The van der Waals surface area contributed by atoms with Crippen molar-refractivity contribution in [2.45, 2.75) is 0 Å². The number of ether oxygens (including phenoxy) is 2. The van der Waals surface area contributed by atoms with Crippen LogP contribution >= 0.6 is 0 Å². The predicted molar refractivity (Wildman–Crippen MR) is 81.5 cm³/mol. The third-order valence-corrected chi connectivity index (χ3v) is 2.62. The molecule has 0 bridgehead atoms. The first-order chi connectivity index (χ1) is 9.88. The van der Waals surface area contributed by atoms with E-state index in [-0.39, 0.29) is 0 Å². The molecule has 4 heteroatoms. The molecule has 0 heterocycles. The Balaban J connectivity index is 1.84. The molecule has 4 nitrogen and oxygen atoms in total. The highest BCUT2D eigenvalue weighted by Crippen LogP contribution is 2.11. The largest absolute Gasteiger partial charge is 0.491 e. The van der Waals surface area contributed by atoms with Crippen LogP contribution in [-0.4, -0.2) is 26.5 Å². The summed E-state index contributed by atoms with van der Waals surface area (Å²) in [6, 6.07) is 17.6. The van der Waals surface area contributed by atoms with Gasteiger partial charge in [0.05, 0.1) is 18.5 Å². The minimum absolute atomic E-state index is 0.555. The van der Waals surface area contributed by atoms with E-state index in [1.807, 2.05) is 54.6 Å². The summed E-state index contributed by atoms with van der Waals surface area (Å²) in [7, 11) is 1.66. The molecule has 0 aliphatic rings. The smallest absolute Gasteiger partial charge is 0.119 e. The molecular formula is C16H18N2O2. The second-order valence-electron chi connectivity index (χ2n) is 4.15. The molecule has 0 saturated heterocycles. The summed E-state index contributed by atoms with van der Waals surface area (Å²) in [5.41, 5.74) is 4.94. The fraction of sp³-hybridized carbons (Fsp3) is 0.188. The predicted octanol–water partition coefficient (Wildman–Crippen LogP) is 3.16. The van der Waals surface area contributed by atoms with Gasteiger partial charge in [-0.2, -0.15) is 5.10 Å². The van der Waals surface area contributed by atoms with Gasteiger partial charge in [-0.1, -0.05) is 18.2 Å². The Morgan fingerprint density at radius 2 is 1.75 bits per heavy atom. The number of anilines is 1. The van der Waals surface area contributed by atoms with Crippen molar-refractivity contribution in [3.05, 3.63) is 60.2 Å². The van der Waals surface area contributed by atoms with Crippen molar-refractivity contribution >= 4 is 11.9 Å². The van der Waals surface area contributed by atoms with Gasteiger partial charge in [-0.05, 0) is 42.0 Å². The number of nitrogens with zero attached hydrogens (tertiary/aromatic N) is 1. The van der Waals surface area contributed by atoms with E-state index in [9.17, 15) is 0 Å². The van der Waals surface area contributed by atoms with Crippen LogP contribution in [0.25, 0.3) is 0 Å². The van der Waals surface area contributed by atoms with E-state index in [1.54, 1.807) is 13.3 Å². The van der Waals surface area contributed by atoms with Crippen LogP contribution in [0.4, 0.5) is 5.69 Å². The summed E-state index contributed by atoms with van der Waals surface area (Å²) in [6.07, 6.45) is 1.77. The zero-order valence-electron chi connectivity index (χ0n) is 11.5. The molecule has 2 aromatic carbocycles. The highest BCUT2D eigenvalue weighted by Gasteiger charge is 1.93. The minimum Gasteiger partial charge on any atom is -0.491 e. The van der Waals surface area contributed by atoms with E-state index < -0.39 is 0 Å². The molecular weight excluding hydrogens is 252 g/mol. The lowest BCUT2D eigenvalue weighted by Gasteiger charge is -2.05. The van der Waals surface area contributed by atoms with E-state index in [2.05, 4.69) is 10.5 Å². The van der Waals surface area contributed by atoms with Crippen molar-refractivity contribution in [3.8, 4) is 5.75 Å². The van der Waals surface area contributed by atoms with Gasteiger partial charge >= 0.3 is 0 Å². The molecule has 0 aliphatic heterocycles. The summed E-state index contributed by atoms with van der Waals surface area (Å²) in [5, 5.41) is 4.18. The van der Waals surface area contributed by atoms with Gasteiger partial charge in [-0.3, -0.25) is 5.43 Å². The lowest BCUT2D eigenvalue weighted by atomic mass is 10.2. The van der Waals surface area contributed by atoms with Gasteiger partial charge in [-0.25, -0.2) is 0 Å². The Morgan fingerprint density at radius 1 is 1.00 bits per heavy atom. The normalized spacial score (nSPS) is 10.7. The fourth-order valence-corrected chi connectivity index (χ4v) is 1.59. The van der Waals surface area contributed by atoms with Gasteiger partial charge in [0.2, 0.25) is 0 Å². The third kappa shape index (κ3) is 4.74. The first-order valence-corrected chi connectivity index (χ1v) is 6.44. The lowest BCUT2D eigenvalue weighted by molar-refractivity contribution is 0.146. The molecule has 0 saturated carbocycles. The van der Waals surface area contributed by atoms with E-state index in [0.29, 0.717) is 13.2 Å².